The average molecular weight is 355 g/mol. The van der Waals surface area contributed by atoms with Crippen LogP contribution in [0.2, 0.25) is 0 Å². The van der Waals surface area contributed by atoms with Crippen molar-refractivity contribution in [3.05, 3.63) is 70.2 Å². The van der Waals surface area contributed by atoms with E-state index in [-0.39, 0.29) is 30.3 Å². The van der Waals surface area contributed by atoms with Gasteiger partial charge >= 0.3 is 0 Å². The maximum atomic E-state index is 12.1. The highest BCUT2D eigenvalue weighted by atomic mass is 16.5. The Morgan fingerprint density at radius 3 is 2.81 bits per heavy atom. The number of hydrogen-bond acceptors (Lipinski definition) is 6. The van der Waals surface area contributed by atoms with Crippen LogP contribution in [0, 0.1) is 0 Å². The Morgan fingerprint density at radius 2 is 2.04 bits per heavy atom. The third-order valence-corrected chi connectivity index (χ3v) is 3.48. The van der Waals surface area contributed by atoms with Crippen LogP contribution in [0.4, 0.5) is 0 Å². The lowest BCUT2D eigenvalue weighted by Gasteiger charge is -2.08. The first kappa shape index (κ1) is 17.2. The Morgan fingerprint density at radius 1 is 1.23 bits per heavy atom. The molecular formula is C17H17N5O4. The fraction of sp³-hybridized carbons (Fsp3) is 0.176. The maximum Gasteiger partial charge on any atom is 0.272 e. The van der Waals surface area contributed by atoms with Gasteiger partial charge in [0.25, 0.3) is 11.5 Å². The third-order valence-electron chi connectivity index (χ3n) is 3.48. The van der Waals surface area contributed by atoms with E-state index in [4.69, 9.17) is 9.47 Å². The largest absolute Gasteiger partial charge is 0.493 e. The summed E-state index contributed by atoms with van der Waals surface area (Å²) in [6, 6.07) is 10.2. The second-order valence-electron chi connectivity index (χ2n) is 5.30. The molecule has 134 valence electrons. The minimum Gasteiger partial charge on any atom is -0.493 e. The lowest BCUT2D eigenvalue weighted by molar-refractivity contribution is 0.0945. The summed E-state index contributed by atoms with van der Waals surface area (Å²) in [4.78, 5) is 29.7. The predicted octanol–water partition coefficient (Wildman–Crippen LogP) is 1.01. The number of aromatic nitrogens is 4. The molecule has 0 unspecified atom stereocenters. The normalized spacial score (nSPS) is 10.3. The van der Waals surface area contributed by atoms with Gasteiger partial charge in [-0.3, -0.25) is 14.7 Å². The molecule has 0 radical (unpaired) electrons. The number of methoxy groups -OCH3 is 1. The van der Waals surface area contributed by atoms with Gasteiger partial charge in [0.05, 0.1) is 31.4 Å². The highest BCUT2D eigenvalue weighted by molar-refractivity contribution is 5.92. The summed E-state index contributed by atoms with van der Waals surface area (Å²) in [5.41, 5.74) is 1.03. The first-order chi connectivity index (χ1) is 12.7. The number of H-pyrrole nitrogens is 2. The topological polar surface area (TPSA) is 122 Å². The summed E-state index contributed by atoms with van der Waals surface area (Å²) in [5, 5.41) is 9.37. The van der Waals surface area contributed by atoms with E-state index in [1.165, 1.54) is 12.4 Å². The average Bonchev–Trinajstić information content (AvgIpc) is 3.14. The van der Waals surface area contributed by atoms with Crippen molar-refractivity contribution in [1.29, 1.82) is 0 Å². The number of carbonyl (C=O) groups excluding carboxylic acids is 1. The number of para-hydroxylation sites is 2. The predicted molar refractivity (Wildman–Crippen MR) is 91.9 cm³/mol. The Hall–Kier alpha value is -3.62. The number of benzene rings is 1. The van der Waals surface area contributed by atoms with Crippen LogP contribution in [-0.2, 0) is 13.2 Å². The maximum absolute atomic E-state index is 12.1. The van der Waals surface area contributed by atoms with Crippen molar-refractivity contribution in [3.63, 3.8) is 0 Å². The highest BCUT2D eigenvalue weighted by Gasteiger charge is 2.11. The molecule has 0 spiro atoms. The molecule has 3 rings (SSSR count). The second-order valence-corrected chi connectivity index (χ2v) is 5.30. The van der Waals surface area contributed by atoms with Crippen molar-refractivity contribution in [3.8, 4) is 11.5 Å². The number of hydrogen-bond donors (Lipinski definition) is 3. The van der Waals surface area contributed by atoms with Gasteiger partial charge in [-0.25, -0.2) is 4.98 Å². The highest BCUT2D eigenvalue weighted by Crippen LogP contribution is 2.26. The first-order valence-electron chi connectivity index (χ1n) is 7.77. The second kappa shape index (κ2) is 7.97. The Bertz CT molecular complexity index is 950. The van der Waals surface area contributed by atoms with Crippen molar-refractivity contribution in [1.82, 2.24) is 25.5 Å². The molecule has 3 N–H and O–H groups in total. The summed E-state index contributed by atoms with van der Waals surface area (Å²) in [7, 11) is 1.57. The Balaban J connectivity index is 1.57. The standard InChI is InChI=1S/C17H17N5O4/c1-25-14-4-2-3-5-15(14)26-9-12-6-13(22-21-12)17(24)18-8-11-7-16(23)20-10-19-11/h2-7,10H,8-9H2,1H3,(H,18,24)(H,21,22)(H,19,20,23). The van der Waals surface area contributed by atoms with Crippen molar-refractivity contribution < 1.29 is 14.3 Å². The number of rotatable bonds is 7. The van der Waals surface area contributed by atoms with Gasteiger partial charge in [0.15, 0.2) is 11.5 Å². The zero-order valence-corrected chi connectivity index (χ0v) is 14.0. The van der Waals surface area contributed by atoms with E-state index in [0.717, 1.165) is 0 Å². The zero-order valence-electron chi connectivity index (χ0n) is 14.0. The summed E-state index contributed by atoms with van der Waals surface area (Å²) < 4.78 is 10.9. The molecule has 9 nitrogen and oxygen atoms in total. The molecule has 0 bridgehead atoms. The molecular weight excluding hydrogens is 338 g/mol. The number of amides is 1. The van der Waals surface area contributed by atoms with Crippen molar-refractivity contribution in [2.45, 2.75) is 13.2 Å². The SMILES string of the molecule is COc1ccccc1OCc1cc(C(=O)NCc2cc(=O)[nH]cn2)n[nH]1. The number of nitrogens with one attached hydrogen (secondary N) is 3. The molecule has 26 heavy (non-hydrogen) atoms. The molecule has 3 aromatic rings. The molecule has 2 aromatic heterocycles. The van der Waals surface area contributed by atoms with Crippen molar-refractivity contribution in [2.75, 3.05) is 7.11 Å². The smallest absolute Gasteiger partial charge is 0.272 e. The minimum absolute atomic E-state index is 0.128. The number of nitrogens with zero attached hydrogens (tertiary/aromatic N) is 2. The van der Waals surface area contributed by atoms with E-state index in [2.05, 4.69) is 25.5 Å². The molecule has 9 heteroatoms. The lowest BCUT2D eigenvalue weighted by Crippen LogP contribution is -2.24. The van der Waals surface area contributed by atoms with Gasteiger partial charge in [-0.1, -0.05) is 12.1 Å². The van der Waals surface area contributed by atoms with E-state index in [9.17, 15) is 9.59 Å². The summed E-state index contributed by atoms with van der Waals surface area (Å²) in [5.74, 6) is 0.832. The van der Waals surface area contributed by atoms with Crippen LogP contribution in [0.25, 0.3) is 0 Å². The van der Waals surface area contributed by atoms with E-state index in [1.54, 1.807) is 25.3 Å². The molecule has 0 aliphatic carbocycles. The van der Waals surface area contributed by atoms with E-state index in [1.807, 2.05) is 12.1 Å². The van der Waals surface area contributed by atoms with Crippen LogP contribution >= 0.6 is 0 Å². The van der Waals surface area contributed by atoms with Gasteiger partial charge < -0.3 is 19.8 Å². The minimum atomic E-state index is -0.383. The van der Waals surface area contributed by atoms with Crippen LogP contribution in [0.3, 0.4) is 0 Å². The Labute approximate surface area is 148 Å². The lowest BCUT2D eigenvalue weighted by atomic mass is 10.3. The number of aromatic amines is 2. The van der Waals surface area contributed by atoms with Crippen LogP contribution in [0.15, 0.2) is 47.5 Å². The monoisotopic (exact) mass is 355 g/mol. The molecule has 0 fully saturated rings. The van der Waals surface area contributed by atoms with Crippen LogP contribution < -0.4 is 20.3 Å². The van der Waals surface area contributed by atoms with Crippen LogP contribution in [0.5, 0.6) is 11.5 Å². The van der Waals surface area contributed by atoms with Crippen molar-refractivity contribution in [2.24, 2.45) is 0 Å². The van der Waals surface area contributed by atoms with Crippen LogP contribution in [-0.4, -0.2) is 33.2 Å². The molecule has 0 aliphatic heterocycles. The molecule has 0 aliphatic rings. The summed E-state index contributed by atoms with van der Waals surface area (Å²) in [6.45, 7) is 0.332. The first-order valence-corrected chi connectivity index (χ1v) is 7.77. The van der Waals surface area contributed by atoms with Crippen LogP contribution in [0.1, 0.15) is 21.9 Å². The Kier molecular flexibility index (Phi) is 5.28. The van der Waals surface area contributed by atoms with Gasteiger partial charge in [-0.15, -0.1) is 0 Å². The quantitative estimate of drug-likeness (QED) is 0.581. The van der Waals surface area contributed by atoms with Gasteiger partial charge in [-0.2, -0.15) is 5.10 Å². The van der Waals surface area contributed by atoms with Gasteiger partial charge in [0.1, 0.15) is 12.3 Å². The number of carbonyl (C=O) groups is 1. The zero-order chi connectivity index (χ0) is 18.4. The molecule has 0 atom stereocenters. The van der Waals surface area contributed by atoms with E-state index < -0.39 is 0 Å². The summed E-state index contributed by atoms with van der Waals surface area (Å²) >= 11 is 0. The van der Waals surface area contributed by atoms with Gasteiger partial charge in [-0.05, 0) is 18.2 Å². The molecule has 1 aromatic carbocycles. The summed E-state index contributed by atoms with van der Waals surface area (Å²) in [6.07, 6.45) is 1.28. The van der Waals surface area contributed by atoms with Gasteiger partial charge in [0.2, 0.25) is 0 Å². The number of ether oxygens (including phenoxy) is 2. The van der Waals surface area contributed by atoms with E-state index >= 15 is 0 Å². The fourth-order valence-corrected chi connectivity index (χ4v) is 2.21. The van der Waals surface area contributed by atoms with E-state index in [0.29, 0.717) is 22.9 Å². The molecule has 1 amide bonds. The molecule has 0 saturated heterocycles. The fourth-order valence-electron chi connectivity index (χ4n) is 2.21. The molecule has 2 heterocycles. The third kappa shape index (κ3) is 4.26. The van der Waals surface area contributed by atoms with Gasteiger partial charge in [0, 0.05) is 6.07 Å². The molecule has 0 saturated carbocycles. The van der Waals surface area contributed by atoms with Crippen molar-refractivity contribution >= 4 is 5.91 Å².